The molecule has 2 aliphatic rings. The highest BCUT2D eigenvalue weighted by Gasteiger charge is 2.22. The van der Waals surface area contributed by atoms with Crippen LogP contribution in [-0.2, 0) is 0 Å². The number of rotatable bonds is 0. The number of hydrogen-bond acceptors (Lipinski definition) is 2. The van der Waals surface area contributed by atoms with Gasteiger partial charge in [0.1, 0.15) is 0 Å². The predicted molar refractivity (Wildman–Crippen MR) is 46.5 cm³/mol. The van der Waals surface area contributed by atoms with Crippen molar-refractivity contribution in [2.45, 2.75) is 24.5 Å². The standard InChI is InChI=1S/C8H15NS/c1-2-8-6-9-5-7(1)3-4-10-8/h7-9H,1-6H2. The first-order valence-corrected chi connectivity index (χ1v) is 5.32. The molecule has 2 rings (SSSR count). The van der Waals surface area contributed by atoms with Crippen LogP contribution in [0.15, 0.2) is 0 Å². The Morgan fingerprint density at radius 2 is 2.10 bits per heavy atom. The van der Waals surface area contributed by atoms with Crippen molar-refractivity contribution < 1.29 is 0 Å². The van der Waals surface area contributed by atoms with Gasteiger partial charge in [-0.3, -0.25) is 0 Å². The van der Waals surface area contributed by atoms with Crippen molar-refractivity contribution in [2.75, 3.05) is 18.8 Å². The van der Waals surface area contributed by atoms with E-state index in [0.29, 0.717) is 0 Å². The third-order valence-corrected chi connectivity index (χ3v) is 3.93. The van der Waals surface area contributed by atoms with Crippen LogP contribution >= 0.6 is 11.8 Å². The zero-order valence-electron chi connectivity index (χ0n) is 6.31. The fraction of sp³-hybridized carbons (Fsp3) is 1.00. The summed E-state index contributed by atoms with van der Waals surface area (Å²) in [4.78, 5) is 0. The lowest BCUT2D eigenvalue weighted by molar-refractivity contribution is 0.472. The van der Waals surface area contributed by atoms with Crippen molar-refractivity contribution in [3.8, 4) is 0 Å². The second kappa shape index (κ2) is 3.14. The largest absolute Gasteiger partial charge is 0.315 e. The molecule has 2 heterocycles. The Hall–Kier alpha value is 0.310. The number of fused-ring (bicyclic) bond motifs is 3. The summed E-state index contributed by atoms with van der Waals surface area (Å²) in [6.45, 7) is 2.55. The summed E-state index contributed by atoms with van der Waals surface area (Å²) in [5.74, 6) is 2.41. The summed E-state index contributed by atoms with van der Waals surface area (Å²) < 4.78 is 0. The van der Waals surface area contributed by atoms with Gasteiger partial charge in [0, 0.05) is 11.8 Å². The maximum Gasteiger partial charge on any atom is 0.0172 e. The summed E-state index contributed by atoms with van der Waals surface area (Å²) >= 11 is 2.18. The summed E-state index contributed by atoms with van der Waals surface area (Å²) in [5, 5.41) is 4.47. The molecule has 0 aliphatic carbocycles. The predicted octanol–water partition coefficient (Wildman–Crippen LogP) is 1.49. The van der Waals surface area contributed by atoms with Crippen LogP contribution in [0.1, 0.15) is 19.3 Å². The van der Waals surface area contributed by atoms with Crippen LogP contribution < -0.4 is 5.32 Å². The van der Waals surface area contributed by atoms with Crippen molar-refractivity contribution in [2.24, 2.45) is 5.92 Å². The van der Waals surface area contributed by atoms with Gasteiger partial charge in [-0.2, -0.15) is 11.8 Å². The molecule has 0 saturated carbocycles. The average Bonchev–Trinajstić information content (AvgIpc) is 2.17. The lowest BCUT2D eigenvalue weighted by Gasteiger charge is -2.15. The third-order valence-electron chi connectivity index (χ3n) is 2.58. The van der Waals surface area contributed by atoms with Gasteiger partial charge in [0.15, 0.2) is 0 Å². The molecule has 2 fully saturated rings. The molecule has 58 valence electrons. The van der Waals surface area contributed by atoms with Gasteiger partial charge in [-0.1, -0.05) is 0 Å². The quantitative estimate of drug-likeness (QED) is 0.572. The molecular formula is C8H15NS. The van der Waals surface area contributed by atoms with E-state index < -0.39 is 0 Å². The van der Waals surface area contributed by atoms with Crippen molar-refractivity contribution in [1.29, 1.82) is 0 Å². The number of thioether (sulfide) groups is 1. The van der Waals surface area contributed by atoms with Crippen LogP contribution in [0.25, 0.3) is 0 Å². The van der Waals surface area contributed by atoms with Gasteiger partial charge in [0.2, 0.25) is 0 Å². The van der Waals surface area contributed by atoms with Crippen molar-refractivity contribution in [3.63, 3.8) is 0 Å². The van der Waals surface area contributed by atoms with Gasteiger partial charge >= 0.3 is 0 Å². The van der Waals surface area contributed by atoms with Crippen molar-refractivity contribution in [1.82, 2.24) is 5.32 Å². The van der Waals surface area contributed by atoms with Crippen molar-refractivity contribution in [3.05, 3.63) is 0 Å². The fourth-order valence-corrected chi connectivity index (χ4v) is 3.21. The molecule has 0 amide bonds. The molecule has 0 spiro atoms. The van der Waals surface area contributed by atoms with E-state index in [9.17, 15) is 0 Å². The molecule has 2 aliphatic heterocycles. The topological polar surface area (TPSA) is 12.0 Å². The SMILES string of the molecule is C1CC2CCC(CNC2)S1. The minimum Gasteiger partial charge on any atom is -0.315 e. The normalized spacial score (nSPS) is 40.8. The number of hydrogen-bond donors (Lipinski definition) is 1. The van der Waals surface area contributed by atoms with Crippen LogP contribution in [-0.4, -0.2) is 24.1 Å². The Bertz CT molecular complexity index is 93.8. The highest BCUT2D eigenvalue weighted by molar-refractivity contribution is 7.99. The summed E-state index contributed by atoms with van der Waals surface area (Å²) in [5.41, 5.74) is 0. The van der Waals surface area contributed by atoms with E-state index in [1.54, 1.807) is 0 Å². The van der Waals surface area contributed by atoms with E-state index in [0.717, 1.165) is 11.2 Å². The molecule has 0 aromatic carbocycles. The molecule has 2 unspecified atom stereocenters. The Balaban J connectivity index is 2.01. The highest BCUT2D eigenvalue weighted by Crippen LogP contribution is 2.29. The van der Waals surface area contributed by atoms with Crippen molar-refractivity contribution >= 4 is 11.8 Å². The van der Waals surface area contributed by atoms with E-state index in [4.69, 9.17) is 0 Å². The smallest absolute Gasteiger partial charge is 0.0172 e. The summed E-state index contributed by atoms with van der Waals surface area (Å²) in [6, 6.07) is 0. The first-order chi connectivity index (χ1) is 4.95. The zero-order chi connectivity index (χ0) is 6.81. The Labute approximate surface area is 67.0 Å². The maximum atomic E-state index is 3.53. The first-order valence-electron chi connectivity index (χ1n) is 4.27. The summed E-state index contributed by atoms with van der Waals surface area (Å²) in [6.07, 6.45) is 4.39. The second-order valence-corrected chi connectivity index (χ2v) is 4.79. The van der Waals surface area contributed by atoms with Crippen LogP contribution in [0.5, 0.6) is 0 Å². The fourth-order valence-electron chi connectivity index (χ4n) is 1.86. The molecule has 1 N–H and O–H groups in total. The van der Waals surface area contributed by atoms with E-state index in [-0.39, 0.29) is 0 Å². The van der Waals surface area contributed by atoms with Gasteiger partial charge in [-0.15, -0.1) is 0 Å². The minimum atomic E-state index is 0.937. The van der Waals surface area contributed by atoms with E-state index in [2.05, 4.69) is 17.1 Å². The van der Waals surface area contributed by atoms with Crippen LogP contribution in [0, 0.1) is 5.92 Å². The van der Waals surface area contributed by atoms with Crippen LogP contribution in [0.4, 0.5) is 0 Å². The van der Waals surface area contributed by atoms with E-state index in [1.807, 2.05) is 0 Å². The van der Waals surface area contributed by atoms with Crippen LogP contribution in [0.3, 0.4) is 0 Å². The third kappa shape index (κ3) is 1.48. The Morgan fingerprint density at radius 1 is 1.10 bits per heavy atom. The molecular weight excluding hydrogens is 142 g/mol. The zero-order valence-corrected chi connectivity index (χ0v) is 7.12. The molecule has 2 bridgehead atoms. The average molecular weight is 157 g/mol. The molecule has 1 nitrogen and oxygen atoms in total. The molecule has 2 saturated heterocycles. The minimum absolute atomic E-state index is 0.937. The van der Waals surface area contributed by atoms with Gasteiger partial charge < -0.3 is 5.32 Å². The van der Waals surface area contributed by atoms with Gasteiger partial charge in [-0.25, -0.2) is 0 Å². The van der Waals surface area contributed by atoms with E-state index >= 15 is 0 Å². The highest BCUT2D eigenvalue weighted by atomic mass is 32.2. The van der Waals surface area contributed by atoms with Gasteiger partial charge in [0.05, 0.1) is 0 Å². The molecule has 2 atom stereocenters. The van der Waals surface area contributed by atoms with Gasteiger partial charge in [-0.05, 0) is 37.5 Å². The maximum absolute atomic E-state index is 3.53. The molecule has 0 radical (unpaired) electrons. The molecule has 0 aromatic rings. The second-order valence-electron chi connectivity index (χ2n) is 3.38. The lowest BCUT2D eigenvalue weighted by atomic mass is 10.0. The monoisotopic (exact) mass is 157 g/mol. The van der Waals surface area contributed by atoms with E-state index in [1.165, 1.54) is 38.1 Å². The molecule has 0 aromatic heterocycles. The van der Waals surface area contributed by atoms with Crippen LogP contribution in [0.2, 0.25) is 0 Å². The summed E-state index contributed by atoms with van der Waals surface area (Å²) in [7, 11) is 0. The first kappa shape index (κ1) is 6.99. The lowest BCUT2D eigenvalue weighted by Crippen LogP contribution is -2.27. The number of nitrogens with one attached hydrogen (secondary N) is 1. The molecule has 10 heavy (non-hydrogen) atoms. The van der Waals surface area contributed by atoms with Gasteiger partial charge in [0.25, 0.3) is 0 Å². The Kier molecular flexibility index (Phi) is 2.19. The Morgan fingerprint density at radius 3 is 3.10 bits per heavy atom. The molecule has 2 heteroatoms.